The number of allylic oxidation sites excluding steroid dienone is 1. The summed E-state index contributed by atoms with van der Waals surface area (Å²) in [6, 6.07) is 0. The molecule has 1 heterocycles. The predicted molar refractivity (Wildman–Crippen MR) is 81.6 cm³/mol. The number of ether oxygens (including phenoxy) is 1. The Hall–Kier alpha value is -0.830. The number of hydrogen-bond donors (Lipinski definition) is 1. The predicted octanol–water partition coefficient (Wildman–Crippen LogP) is 4.13. The zero-order valence-electron chi connectivity index (χ0n) is 13.5. The molecule has 1 N–H and O–H groups in total. The van der Waals surface area contributed by atoms with E-state index in [9.17, 15) is 9.90 Å². The van der Waals surface area contributed by atoms with Gasteiger partial charge in [0.2, 0.25) is 0 Å². The van der Waals surface area contributed by atoms with Gasteiger partial charge >= 0.3 is 5.97 Å². The van der Waals surface area contributed by atoms with Crippen molar-refractivity contribution >= 4 is 5.97 Å². The van der Waals surface area contributed by atoms with Crippen LogP contribution in [0.2, 0.25) is 0 Å². The summed E-state index contributed by atoms with van der Waals surface area (Å²) in [5.74, 6) is 0.267. The van der Waals surface area contributed by atoms with E-state index in [0.717, 1.165) is 12.8 Å². The smallest absolute Gasteiger partial charge is 0.309 e. The fourth-order valence-electron chi connectivity index (χ4n) is 3.04. The molecule has 0 bridgehead atoms. The van der Waals surface area contributed by atoms with Gasteiger partial charge in [0.05, 0.1) is 18.1 Å². The number of aliphatic carboxylic acids is 1. The molecule has 0 spiro atoms. The number of hydrogen-bond acceptors (Lipinski definition) is 2. The Morgan fingerprint density at radius 3 is 2.45 bits per heavy atom. The van der Waals surface area contributed by atoms with E-state index in [1.165, 1.54) is 0 Å². The number of carbonyl (C=O) groups is 1. The van der Waals surface area contributed by atoms with Crippen molar-refractivity contribution in [1.82, 2.24) is 0 Å². The van der Waals surface area contributed by atoms with E-state index in [0.29, 0.717) is 24.2 Å². The van der Waals surface area contributed by atoms with Crippen LogP contribution in [-0.2, 0) is 9.53 Å². The van der Waals surface area contributed by atoms with Gasteiger partial charge in [0, 0.05) is 5.92 Å². The zero-order valence-corrected chi connectivity index (χ0v) is 13.5. The molecule has 1 aliphatic rings. The third-order valence-electron chi connectivity index (χ3n) is 4.32. The first-order chi connectivity index (χ1) is 9.36. The van der Waals surface area contributed by atoms with Crippen molar-refractivity contribution in [1.29, 1.82) is 0 Å². The third kappa shape index (κ3) is 4.62. The molecule has 0 aliphatic carbocycles. The molecule has 0 aromatic heterocycles. The number of carboxylic acid groups (broad SMARTS) is 1. The summed E-state index contributed by atoms with van der Waals surface area (Å²) in [7, 11) is 0. The minimum Gasteiger partial charge on any atom is -0.481 e. The molecule has 0 aromatic carbocycles. The van der Waals surface area contributed by atoms with E-state index in [1.807, 2.05) is 6.92 Å². The van der Waals surface area contributed by atoms with Gasteiger partial charge in [-0.25, -0.2) is 0 Å². The minimum absolute atomic E-state index is 0.131. The van der Waals surface area contributed by atoms with Crippen molar-refractivity contribution in [2.75, 3.05) is 0 Å². The highest BCUT2D eigenvalue weighted by atomic mass is 16.5. The molecule has 3 nitrogen and oxygen atoms in total. The molecular weight excluding hydrogens is 252 g/mol. The van der Waals surface area contributed by atoms with Crippen molar-refractivity contribution in [3.05, 3.63) is 12.2 Å². The van der Waals surface area contributed by atoms with E-state index in [-0.39, 0.29) is 18.1 Å². The largest absolute Gasteiger partial charge is 0.481 e. The maximum Gasteiger partial charge on any atom is 0.309 e. The quantitative estimate of drug-likeness (QED) is 0.745. The average Bonchev–Trinajstić information content (AvgIpc) is 2.38. The second kappa shape index (κ2) is 7.82. The van der Waals surface area contributed by atoms with E-state index in [2.05, 4.69) is 39.8 Å². The Balaban J connectivity index is 2.73. The number of carboxylic acids is 1. The molecule has 1 fully saturated rings. The summed E-state index contributed by atoms with van der Waals surface area (Å²) in [5.41, 5.74) is 0. The van der Waals surface area contributed by atoms with Gasteiger partial charge in [0.25, 0.3) is 0 Å². The van der Waals surface area contributed by atoms with Crippen LogP contribution in [0.15, 0.2) is 12.2 Å². The standard InChI is InChI=1S/C17H30O3/c1-6-14(17(18)19)15-10-9-13(5)16(20-15)12(4)8-7-11(2)3/h7-8,11-16H,6,9-10H2,1-5H3,(H,18,19)/b8-7+/t12-,13+,14-,15-,16+/m1/s1. The molecule has 0 saturated carbocycles. The average molecular weight is 282 g/mol. The maximum absolute atomic E-state index is 11.3. The lowest BCUT2D eigenvalue weighted by Gasteiger charge is -2.39. The molecular formula is C17H30O3. The molecule has 20 heavy (non-hydrogen) atoms. The van der Waals surface area contributed by atoms with Crippen LogP contribution in [0.3, 0.4) is 0 Å². The van der Waals surface area contributed by atoms with Gasteiger partial charge in [-0.05, 0) is 31.1 Å². The summed E-state index contributed by atoms with van der Waals surface area (Å²) in [5, 5.41) is 9.30. The van der Waals surface area contributed by atoms with Crippen LogP contribution in [0.1, 0.15) is 53.9 Å². The lowest BCUT2D eigenvalue weighted by Crippen LogP contribution is -2.42. The van der Waals surface area contributed by atoms with Gasteiger partial charge in [0.15, 0.2) is 0 Å². The molecule has 0 radical (unpaired) electrons. The van der Waals surface area contributed by atoms with Gasteiger partial charge < -0.3 is 9.84 Å². The van der Waals surface area contributed by atoms with Crippen molar-refractivity contribution in [3.63, 3.8) is 0 Å². The monoisotopic (exact) mass is 282 g/mol. The first-order valence-electron chi connectivity index (χ1n) is 7.93. The minimum atomic E-state index is -0.726. The Bertz CT molecular complexity index is 335. The normalized spacial score (nSPS) is 30.6. The molecule has 1 aliphatic heterocycles. The van der Waals surface area contributed by atoms with Gasteiger partial charge in [0.1, 0.15) is 0 Å². The molecule has 3 heteroatoms. The van der Waals surface area contributed by atoms with Crippen molar-refractivity contribution in [3.8, 4) is 0 Å². The van der Waals surface area contributed by atoms with Gasteiger partial charge in [-0.1, -0.05) is 46.8 Å². The van der Waals surface area contributed by atoms with Gasteiger partial charge in [-0.3, -0.25) is 4.79 Å². The van der Waals surface area contributed by atoms with Gasteiger partial charge in [-0.15, -0.1) is 0 Å². The van der Waals surface area contributed by atoms with Crippen LogP contribution in [0.4, 0.5) is 0 Å². The van der Waals surface area contributed by atoms with Crippen LogP contribution in [0, 0.1) is 23.7 Å². The van der Waals surface area contributed by atoms with E-state index in [1.54, 1.807) is 0 Å². The second-order valence-corrected chi connectivity index (χ2v) is 6.53. The summed E-state index contributed by atoms with van der Waals surface area (Å²) in [4.78, 5) is 11.3. The highest BCUT2D eigenvalue weighted by Crippen LogP contribution is 2.34. The van der Waals surface area contributed by atoms with E-state index in [4.69, 9.17) is 4.74 Å². The fourth-order valence-corrected chi connectivity index (χ4v) is 3.04. The maximum atomic E-state index is 11.3. The van der Waals surface area contributed by atoms with E-state index < -0.39 is 5.97 Å². The molecule has 1 saturated heterocycles. The van der Waals surface area contributed by atoms with E-state index >= 15 is 0 Å². The second-order valence-electron chi connectivity index (χ2n) is 6.53. The lowest BCUT2D eigenvalue weighted by atomic mass is 9.82. The summed E-state index contributed by atoms with van der Waals surface area (Å²) < 4.78 is 6.18. The van der Waals surface area contributed by atoms with Crippen molar-refractivity contribution in [2.45, 2.75) is 66.1 Å². The Morgan fingerprint density at radius 1 is 1.30 bits per heavy atom. The van der Waals surface area contributed by atoms with Crippen LogP contribution in [0.25, 0.3) is 0 Å². The first-order valence-corrected chi connectivity index (χ1v) is 7.93. The zero-order chi connectivity index (χ0) is 15.3. The topological polar surface area (TPSA) is 46.5 Å². The third-order valence-corrected chi connectivity index (χ3v) is 4.32. The van der Waals surface area contributed by atoms with Crippen molar-refractivity contribution in [2.24, 2.45) is 23.7 Å². The SMILES string of the molecule is CC[C@@H](C(=O)O)[C@H]1CC[C@H](C)[C@H]([C@H](C)/C=C/C(C)C)O1. The van der Waals surface area contributed by atoms with Crippen LogP contribution in [0.5, 0.6) is 0 Å². The summed E-state index contributed by atoms with van der Waals surface area (Å²) >= 11 is 0. The summed E-state index contributed by atoms with van der Waals surface area (Å²) in [6.07, 6.45) is 6.99. The van der Waals surface area contributed by atoms with Crippen molar-refractivity contribution < 1.29 is 14.6 Å². The Kier molecular flexibility index (Phi) is 6.74. The molecule has 5 atom stereocenters. The molecule has 1 rings (SSSR count). The summed E-state index contributed by atoms with van der Waals surface area (Å²) in [6.45, 7) is 10.6. The lowest BCUT2D eigenvalue weighted by molar-refractivity contribution is -0.159. The molecule has 0 amide bonds. The highest BCUT2D eigenvalue weighted by Gasteiger charge is 2.37. The first kappa shape index (κ1) is 17.2. The molecule has 0 aromatic rings. The van der Waals surface area contributed by atoms with Crippen LogP contribution >= 0.6 is 0 Å². The van der Waals surface area contributed by atoms with Gasteiger partial charge in [-0.2, -0.15) is 0 Å². The Labute approximate surface area is 123 Å². The highest BCUT2D eigenvalue weighted by molar-refractivity contribution is 5.70. The number of rotatable bonds is 6. The molecule has 0 unspecified atom stereocenters. The Morgan fingerprint density at radius 2 is 1.95 bits per heavy atom. The fraction of sp³-hybridized carbons (Fsp3) is 0.824. The molecule has 116 valence electrons. The van der Waals surface area contributed by atoms with Crippen LogP contribution in [-0.4, -0.2) is 23.3 Å². The van der Waals surface area contributed by atoms with Crippen LogP contribution < -0.4 is 0 Å².